The van der Waals surface area contributed by atoms with Crippen LogP contribution in [0.1, 0.15) is 51.9 Å². The van der Waals surface area contributed by atoms with Crippen molar-refractivity contribution < 1.29 is 14.7 Å². The minimum atomic E-state index is -0.725. The summed E-state index contributed by atoms with van der Waals surface area (Å²) in [5.74, 6) is 0.428. The molecule has 1 saturated heterocycles. The number of carbonyl (C=O) groups is 2. The van der Waals surface area contributed by atoms with Gasteiger partial charge in [0.1, 0.15) is 0 Å². The number of aliphatic carboxylic acids is 1. The smallest absolute Gasteiger partial charge is 0.303 e. The lowest BCUT2D eigenvalue weighted by atomic mass is 9.86. The average molecular weight is 296 g/mol. The van der Waals surface area contributed by atoms with Crippen LogP contribution in [-0.2, 0) is 9.59 Å². The van der Waals surface area contributed by atoms with Crippen LogP contribution in [0.4, 0.5) is 0 Å². The Kier molecular flexibility index (Phi) is 6.03. The molecule has 2 fully saturated rings. The van der Waals surface area contributed by atoms with Gasteiger partial charge in [0.05, 0.1) is 6.54 Å². The number of amides is 1. The van der Waals surface area contributed by atoms with Crippen LogP contribution < -0.4 is 5.32 Å². The third-order valence-corrected chi connectivity index (χ3v) is 4.96. The highest BCUT2D eigenvalue weighted by Gasteiger charge is 2.27. The van der Waals surface area contributed by atoms with E-state index in [2.05, 4.69) is 17.1 Å². The molecule has 2 rings (SSSR count). The van der Waals surface area contributed by atoms with Crippen molar-refractivity contribution in [3.05, 3.63) is 0 Å². The summed E-state index contributed by atoms with van der Waals surface area (Å²) in [4.78, 5) is 24.9. The van der Waals surface area contributed by atoms with Gasteiger partial charge >= 0.3 is 5.97 Å². The summed E-state index contributed by atoms with van der Waals surface area (Å²) in [6.45, 7) is 4.47. The quantitative estimate of drug-likeness (QED) is 0.785. The SMILES string of the molecule is CC1CCCCC1NC(=O)CN1CCC(CCC(=O)O)C1. The number of carboxylic acid groups (broad SMARTS) is 1. The van der Waals surface area contributed by atoms with E-state index in [9.17, 15) is 9.59 Å². The van der Waals surface area contributed by atoms with Crippen molar-refractivity contribution in [2.75, 3.05) is 19.6 Å². The highest BCUT2D eigenvalue weighted by molar-refractivity contribution is 5.78. The lowest BCUT2D eigenvalue weighted by Crippen LogP contribution is -2.45. The molecule has 5 nitrogen and oxygen atoms in total. The van der Waals surface area contributed by atoms with Gasteiger partial charge in [-0.3, -0.25) is 14.5 Å². The van der Waals surface area contributed by atoms with Crippen molar-refractivity contribution >= 4 is 11.9 Å². The topological polar surface area (TPSA) is 69.6 Å². The molecule has 1 amide bonds. The van der Waals surface area contributed by atoms with Crippen molar-refractivity contribution in [2.45, 2.75) is 57.9 Å². The van der Waals surface area contributed by atoms with Crippen LogP contribution in [0.25, 0.3) is 0 Å². The Labute approximate surface area is 127 Å². The van der Waals surface area contributed by atoms with Gasteiger partial charge in [-0.25, -0.2) is 0 Å². The van der Waals surface area contributed by atoms with Gasteiger partial charge < -0.3 is 10.4 Å². The molecule has 1 aliphatic carbocycles. The fourth-order valence-electron chi connectivity index (χ4n) is 3.61. The number of hydrogen-bond donors (Lipinski definition) is 2. The monoisotopic (exact) mass is 296 g/mol. The first-order valence-electron chi connectivity index (χ1n) is 8.28. The van der Waals surface area contributed by atoms with E-state index in [1.165, 1.54) is 19.3 Å². The molecule has 0 aromatic rings. The summed E-state index contributed by atoms with van der Waals surface area (Å²) in [6.07, 6.45) is 6.80. The van der Waals surface area contributed by atoms with E-state index in [0.717, 1.165) is 32.4 Å². The molecular weight excluding hydrogens is 268 g/mol. The molecule has 0 aromatic carbocycles. The molecule has 120 valence electrons. The summed E-state index contributed by atoms with van der Waals surface area (Å²) in [6, 6.07) is 0.344. The van der Waals surface area contributed by atoms with Gasteiger partial charge in [0, 0.05) is 19.0 Å². The van der Waals surface area contributed by atoms with Gasteiger partial charge in [-0.15, -0.1) is 0 Å². The fraction of sp³-hybridized carbons (Fsp3) is 0.875. The average Bonchev–Trinajstić information content (AvgIpc) is 2.86. The van der Waals surface area contributed by atoms with E-state index in [-0.39, 0.29) is 12.3 Å². The molecule has 2 aliphatic rings. The van der Waals surface area contributed by atoms with Crippen LogP contribution in [0, 0.1) is 11.8 Å². The Morgan fingerprint density at radius 2 is 2.00 bits per heavy atom. The Balaban J connectivity index is 1.67. The Morgan fingerprint density at radius 1 is 1.24 bits per heavy atom. The van der Waals surface area contributed by atoms with E-state index in [0.29, 0.717) is 24.4 Å². The van der Waals surface area contributed by atoms with Crippen molar-refractivity contribution in [1.82, 2.24) is 10.2 Å². The number of hydrogen-bond acceptors (Lipinski definition) is 3. The summed E-state index contributed by atoms with van der Waals surface area (Å²) in [7, 11) is 0. The third kappa shape index (κ3) is 5.30. The molecule has 1 heterocycles. The maximum atomic E-state index is 12.1. The van der Waals surface area contributed by atoms with Crippen molar-refractivity contribution in [2.24, 2.45) is 11.8 Å². The number of rotatable bonds is 6. The van der Waals surface area contributed by atoms with Gasteiger partial charge in [-0.1, -0.05) is 19.8 Å². The Hall–Kier alpha value is -1.10. The second-order valence-electron chi connectivity index (χ2n) is 6.76. The summed E-state index contributed by atoms with van der Waals surface area (Å²) >= 11 is 0. The first-order valence-corrected chi connectivity index (χ1v) is 8.28. The Morgan fingerprint density at radius 3 is 2.71 bits per heavy atom. The van der Waals surface area contributed by atoms with E-state index in [4.69, 9.17) is 5.11 Å². The lowest BCUT2D eigenvalue weighted by molar-refractivity contribution is -0.137. The minimum absolute atomic E-state index is 0.132. The predicted molar refractivity (Wildman–Crippen MR) is 81.0 cm³/mol. The minimum Gasteiger partial charge on any atom is -0.481 e. The predicted octanol–water partition coefficient (Wildman–Crippen LogP) is 1.87. The summed E-state index contributed by atoms with van der Waals surface area (Å²) < 4.78 is 0. The van der Waals surface area contributed by atoms with Crippen molar-refractivity contribution in [3.8, 4) is 0 Å². The highest BCUT2D eigenvalue weighted by atomic mass is 16.4. The molecule has 21 heavy (non-hydrogen) atoms. The van der Waals surface area contributed by atoms with Crippen molar-refractivity contribution in [1.29, 1.82) is 0 Å². The molecule has 1 saturated carbocycles. The van der Waals surface area contributed by atoms with Crippen molar-refractivity contribution in [3.63, 3.8) is 0 Å². The molecule has 0 radical (unpaired) electrons. The number of carbonyl (C=O) groups excluding carboxylic acids is 1. The van der Waals surface area contributed by atoms with E-state index < -0.39 is 5.97 Å². The van der Waals surface area contributed by atoms with Crippen LogP contribution >= 0.6 is 0 Å². The third-order valence-electron chi connectivity index (χ3n) is 4.96. The number of nitrogens with zero attached hydrogens (tertiary/aromatic N) is 1. The van der Waals surface area contributed by atoms with E-state index in [1.807, 2.05) is 0 Å². The van der Waals surface area contributed by atoms with Crippen LogP contribution in [0.15, 0.2) is 0 Å². The zero-order chi connectivity index (χ0) is 15.2. The highest BCUT2D eigenvalue weighted by Crippen LogP contribution is 2.24. The number of nitrogens with one attached hydrogen (secondary N) is 1. The fourth-order valence-corrected chi connectivity index (χ4v) is 3.61. The van der Waals surface area contributed by atoms with Gasteiger partial charge in [-0.2, -0.15) is 0 Å². The zero-order valence-electron chi connectivity index (χ0n) is 13.0. The van der Waals surface area contributed by atoms with Crippen LogP contribution in [0.3, 0.4) is 0 Å². The first-order chi connectivity index (χ1) is 10.0. The van der Waals surface area contributed by atoms with E-state index in [1.54, 1.807) is 0 Å². The molecule has 3 unspecified atom stereocenters. The number of carboxylic acids is 1. The standard InChI is InChI=1S/C16H28N2O3/c1-12-4-2-3-5-14(12)17-15(19)11-18-9-8-13(10-18)6-7-16(20)21/h12-14H,2-11H2,1H3,(H,17,19)(H,20,21). The normalized spacial score (nSPS) is 30.2. The molecule has 1 aliphatic heterocycles. The van der Waals surface area contributed by atoms with Crippen LogP contribution in [0.2, 0.25) is 0 Å². The largest absolute Gasteiger partial charge is 0.481 e. The molecule has 5 heteroatoms. The van der Waals surface area contributed by atoms with Crippen LogP contribution in [-0.4, -0.2) is 47.6 Å². The lowest BCUT2D eigenvalue weighted by Gasteiger charge is -2.30. The summed E-state index contributed by atoms with van der Waals surface area (Å²) in [5.41, 5.74) is 0. The van der Waals surface area contributed by atoms with Gasteiger partial charge in [-0.05, 0) is 44.1 Å². The summed E-state index contributed by atoms with van der Waals surface area (Å²) in [5, 5.41) is 11.9. The van der Waals surface area contributed by atoms with E-state index >= 15 is 0 Å². The maximum Gasteiger partial charge on any atom is 0.303 e. The first kappa shape index (κ1) is 16.3. The molecular formula is C16H28N2O3. The number of likely N-dealkylation sites (tertiary alicyclic amines) is 1. The van der Waals surface area contributed by atoms with Gasteiger partial charge in [0.25, 0.3) is 0 Å². The van der Waals surface area contributed by atoms with Gasteiger partial charge in [0.2, 0.25) is 5.91 Å². The van der Waals surface area contributed by atoms with Gasteiger partial charge in [0.15, 0.2) is 0 Å². The Bertz CT molecular complexity index is 373. The molecule has 0 aromatic heterocycles. The molecule has 3 atom stereocenters. The molecule has 0 spiro atoms. The molecule has 2 N–H and O–H groups in total. The second-order valence-corrected chi connectivity index (χ2v) is 6.76. The molecule has 0 bridgehead atoms. The zero-order valence-corrected chi connectivity index (χ0v) is 13.0. The second kappa shape index (κ2) is 7.78. The van der Waals surface area contributed by atoms with Crippen LogP contribution in [0.5, 0.6) is 0 Å². The maximum absolute atomic E-state index is 12.1.